The van der Waals surface area contributed by atoms with Crippen LogP contribution in [0.15, 0.2) is 24.3 Å². The number of aliphatic hydroxyl groups excluding tert-OH is 1. The van der Waals surface area contributed by atoms with Gasteiger partial charge in [0, 0.05) is 17.5 Å². The topological polar surface area (TPSA) is 58.6 Å². The maximum absolute atomic E-state index is 12.1. The van der Waals surface area contributed by atoms with Gasteiger partial charge in [-0.3, -0.25) is 4.79 Å². The summed E-state index contributed by atoms with van der Waals surface area (Å²) in [5.41, 5.74) is 1.13. The fourth-order valence-electron chi connectivity index (χ4n) is 3.44. The van der Waals surface area contributed by atoms with Crippen molar-refractivity contribution < 1.29 is 14.6 Å². The number of aliphatic hydroxyl groups is 1. The molecule has 0 aliphatic heterocycles. The highest BCUT2D eigenvalue weighted by molar-refractivity contribution is 5.76. The number of benzene rings is 1. The Bertz CT molecular complexity index is 521. The Labute approximate surface area is 139 Å². The van der Waals surface area contributed by atoms with E-state index >= 15 is 0 Å². The summed E-state index contributed by atoms with van der Waals surface area (Å²) in [5, 5.41) is 12.9. The van der Waals surface area contributed by atoms with Crippen LogP contribution in [0.2, 0.25) is 0 Å². The van der Waals surface area contributed by atoms with Gasteiger partial charge in [-0.2, -0.15) is 0 Å². The van der Waals surface area contributed by atoms with Gasteiger partial charge in [-0.05, 0) is 24.8 Å². The highest BCUT2D eigenvalue weighted by Gasteiger charge is 2.38. The molecular formula is C19H29NO3. The number of hydrogen-bond donors (Lipinski definition) is 2. The molecule has 2 N–H and O–H groups in total. The number of carbonyl (C=O) groups is 1. The van der Waals surface area contributed by atoms with Crippen molar-refractivity contribution in [1.82, 2.24) is 5.32 Å². The predicted octanol–water partition coefficient (Wildman–Crippen LogP) is 3.03. The molecule has 4 nitrogen and oxygen atoms in total. The third kappa shape index (κ3) is 4.25. The van der Waals surface area contributed by atoms with Crippen molar-refractivity contribution in [3.8, 4) is 5.75 Å². The first-order valence-electron chi connectivity index (χ1n) is 8.57. The van der Waals surface area contributed by atoms with Gasteiger partial charge in [0.05, 0.1) is 19.6 Å². The summed E-state index contributed by atoms with van der Waals surface area (Å²) in [4.78, 5) is 12.1. The van der Waals surface area contributed by atoms with E-state index in [0.29, 0.717) is 6.54 Å². The van der Waals surface area contributed by atoms with Crippen LogP contribution in [-0.4, -0.2) is 30.8 Å². The zero-order valence-electron chi connectivity index (χ0n) is 14.5. The lowest BCUT2D eigenvalue weighted by Gasteiger charge is -2.31. The summed E-state index contributed by atoms with van der Waals surface area (Å²) in [6.07, 6.45) is 4.03. The Balaban J connectivity index is 2.08. The van der Waals surface area contributed by atoms with E-state index in [4.69, 9.17) is 4.74 Å². The number of hydrogen-bond acceptors (Lipinski definition) is 3. The molecule has 1 saturated carbocycles. The second kappa shape index (κ2) is 7.82. The maximum atomic E-state index is 12.1. The largest absolute Gasteiger partial charge is 0.496 e. The molecule has 1 amide bonds. The Morgan fingerprint density at radius 1 is 1.30 bits per heavy atom. The summed E-state index contributed by atoms with van der Waals surface area (Å²) in [5.74, 6) is 0.911. The molecule has 1 aromatic carbocycles. The molecule has 0 radical (unpaired) electrons. The van der Waals surface area contributed by atoms with E-state index in [1.54, 1.807) is 7.11 Å². The van der Waals surface area contributed by atoms with E-state index in [1.807, 2.05) is 32.0 Å². The quantitative estimate of drug-likeness (QED) is 0.812. The lowest BCUT2D eigenvalue weighted by Crippen LogP contribution is -2.40. The minimum absolute atomic E-state index is 0.0505. The minimum atomic E-state index is -0.583. The van der Waals surface area contributed by atoms with Crippen LogP contribution in [0, 0.1) is 5.92 Å². The summed E-state index contributed by atoms with van der Waals surface area (Å²) >= 11 is 0. The molecule has 1 aliphatic rings. The summed E-state index contributed by atoms with van der Waals surface area (Å²) < 4.78 is 5.53. The molecule has 1 aromatic rings. The van der Waals surface area contributed by atoms with Gasteiger partial charge in [-0.15, -0.1) is 0 Å². The Kier molecular flexibility index (Phi) is 6.05. The van der Waals surface area contributed by atoms with Crippen molar-refractivity contribution >= 4 is 5.91 Å². The summed E-state index contributed by atoms with van der Waals surface area (Å²) in [6, 6.07) is 8.10. The Hall–Kier alpha value is -1.55. The first-order valence-corrected chi connectivity index (χ1v) is 8.57. The van der Waals surface area contributed by atoms with Crippen molar-refractivity contribution in [2.45, 2.75) is 57.5 Å². The molecule has 0 aromatic heterocycles. The van der Waals surface area contributed by atoms with E-state index in [0.717, 1.165) is 18.6 Å². The third-order valence-corrected chi connectivity index (χ3v) is 5.03. The van der Waals surface area contributed by atoms with Gasteiger partial charge >= 0.3 is 0 Å². The van der Waals surface area contributed by atoms with Crippen molar-refractivity contribution in [3.63, 3.8) is 0 Å². The number of rotatable bonds is 7. The zero-order chi connectivity index (χ0) is 16.9. The molecule has 1 fully saturated rings. The van der Waals surface area contributed by atoms with E-state index in [9.17, 15) is 9.90 Å². The number of carbonyl (C=O) groups excluding carboxylic acids is 1. The van der Waals surface area contributed by atoms with Crippen LogP contribution in [-0.2, 0) is 10.2 Å². The van der Waals surface area contributed by atoms with Crippen molar-refractivity contribution in [1.29, 1.82) is 0 Å². The smallest absolute Gasteiger partial charge is 0.222 e. The van der Waals surface area contributed by atoms with Gasteiger partial charge in [0.2, 0.25) is 5.91 Å². The second-order valence-corrected chi connectivity index (χ2v) is 6.98. The van der Waals surface area contributed by atoms with Crippen LogP contribution in [0.1, 0.15) is 51.5 Å². The normalized spacial score (nSPS) is 18.0. The van der Waals surface area contributed by atoms with Crippen molar-refractivity contribution in [2.24, 2.45) is 5.92 Å². The molecule has 0 heterocycles. The average Bonchev–Trinajstić information content (AvgIpc) is 3.02. The SMILES string of the molecule is COc1ccccc1C1(CNC(=O)CC(O)C(C)C)CCCC1. The third-order valence-electron chi connectivity index (χ3n) is 5.03. The fraction of sp³-hybridized carbons (Fsp3) is 0.632. The van der Waals surface area contributed by atoms with Crippen molar-refractivity contribution in [2.75, 3.05) is 13.7 Å². The highest BCUT2D eigenvalue weighted by Crippen LogP contribution is 2.44. The predicted molar refractivity (Wildman–Crippen MR) is 91.6 cm³/mol. The van der Waals surface area contributed by atoms with Crippen LogP contribution >= 0.6 is 0 Å². The number of nitrogens with one attached hydrogen (secondary N) is 1. The summed E-state index contributed by atoms with van der Waals surface area (Å²) in [6.45, 7) is 4.45. The first kappa shape index (κ1) is 17.8. The van der Waals surface area contributed by atoms with Gasteiger partial charge in [0.1, 0.15) is 5.75 Å². The van der Waals surface area contributed by atoms with Gasteiger partial charge in [-0.1, -0.05) is 44.9 Å². The molecule has 128 valence electrons. The zero-order valence-corrected chi connectivity index (χ0v) is 14.5. The number of amides is 1. The Morgan fingerprint density at radius 2 is 1.96 bits per heavy atom. The first-order chi connectivity index (χ1) is 11.0. The van der Waals surface area contributed by atoms with Gasteiger partial charge in [0.25, 0.3) is 0 Å². The lowest BCUT2D eigenvalue weighted by atomic mass is 9.78. The molecule has 0 spiro atoms. The van der Waals surface area contributed by atoms with Crippen molar-refractivity contribution in [3.05, 3.63) is 29.8 Å². The monoisotopic (exact) mass is 319 g/mol. The van der Waals surface area contributed by atoms with Gasteiger partial charge in [0.15, 0.2) is 0 Å². The molecule has 1 atom stereocenters. The second-order valence-electron chi connectivity index (χ2n) is 6.98. The Morgan fingerprint density at radius 3 is 2.57 bits per heavy atom. The van der Waals surface area contributed by atoms with Crippen LogP contribution in [0.25, 0.3) is 0 Å². The van der Waals surface area contributed by atoms with Crippen LogP contribution in [0.5, 0.6) is 5.75 Å². The average molecular weight is 319 g/mol. The molecule has 2 rings (SSSR count). The maximum Gasteiger partial charge on any atom is 0.222 e. The number of para-hydroxylation sites is 1. The van der Waals surface area contributed by atoms with Gasteiger partial charge in [-0.25, -0.2) is 0 Å². The van der Waals surface area contributed by atoms with Crippen LogP contribution in [0.4, 0.5) is 0 Å². The molecule has 4 heteroatoms. The number of methoxy groups -OCH3 is 1. The lowest BCUT2D eigenvalue weighted by molar-refractivity contribution is -0.123. The molecule has 23 heavy (non-hydrogen) atoms. The standard InChI is InChI=1S/C19H29NO3/c1-14(2)16(21)12-18(22)20-13-19(10-6-7-11-19)15-8-4-5-9-17(15)23-3/h4-5,8-9,14,16,21H,6-7,10-13H2,1-3H3,(H,20,22). The molecular weight excluding hydrogens is 290 g/mol. The van der Waals surface area contributed by atoms with Crippen LogP contribution in [0.3, 0.4) is 0 Å². The molecule has 1 aliphatic carbocycles. The molecule has 0 bridgehead atoms. The van der Waals surface area contributed by atoms with Crippen LogP contribution < -0.4 is 10.1 Å². The number of ether oxygens (including phenoxy) is 1. The summed E-state index contributed by atoms with van der Waals surface area (Å²) in [7, 11) is 1.69. The van der Waals surface area contributed by atoms with E-state index in [2.05, 4.69) is 11.4 Å². The van der Waals surface area contributed by atoms with E-state index < -0.39 is 6.10 Å². The molecule has 1 unspecified atom stereocenters. The minimum Gasteiger partial charge on any atom is -0.496 e. The fourth-order valence-corrected chi connectivity index (χ4v) is 3.44. The highest BCUT2D eigenvalue weighted by atomic mass is 16.5. The van der Waals surface area contributed by atoms with E-state index in [1.165, 1.54) is 18.4 Å². The van der Waals surface area contributed by atoms with Gasteiger partial charge < -0.3 is 15.2 Å². The molecule has 0 saturated heterocycles. The van der Waals surface area contributed by atoms with E-state index in [-0.39, 0.29) is 23.7 Å².